The van der Waals surface area contributed by atoms with E-state index in [0.717, 1.165) is 0 Å². The molecule has 0 aliphatic carbocycles. The predicted octanol–water partition coefficient (Wildman–Crippen LogP) is -0.653. The normalized spacial score (nSPS) is 24.0. The Bertz CT molecular complexity index is 439. The highest BCUT2D eigenvalue weighted by Gasteiger charge is 2.26. The van der Waals surface area contributed by atoms with Crippen molar-refractivity contribution in [1.82, 2.24) is 9.97 Å². The van der Waals surface area contributed by atoms with E-state index in [4.69, 9.17) is 21.0 Å². The first-order valence-corrected chi connectivity index (χ1v) is 5.79. The Balaban J connectivity index is 2.19. The van der Waals surface area contributed by atoms with Crippen molar-refractivity contribution in [3.63, 3.8) is 0 Å². The molecule has 0 amide bonds. The lowest BCUT2D eigenvalue weighted by atomic mass is 10.2. The van der Waals surface area contributed by atoms with E-state index in [1.807, 2.05) is 11.8 Å². The molecule has 1 fully saturated rings. The van der Waals surface area contributed by atoms with Crippen LogP contribution in [0.15, 0.2) is 12.3 Å². The molecular weight excluding hydrogens is 234 g/mol. The van der Waals surface area contributed by atoms with Gasteiger partial charge < -0.3 is 20.5 Å². The zero-order valence-electron chi connectivity index (χ0n) is 10.2. The van der Waals surface area contributed by atoms with E-state index in [9.17, 15) is 0 Å². The Kier molecular flexibility index (Phi) is 3.73. The monoisotopic (exact) mass is 251 g/mol. The van der Waals surface area contributed by atoms with E-state index in [1.165, 1.54) is 0 Å². The van der Waals surface area contributed by atoms with Crippen LogP contribution in [0, 0.1) is 5.41 Å². The molecule has 1 aromatic rings. The second kappa shape index (κ2) is 5.28. The quantitative estimate of drug-likeness (QED) is 0.486. The van der Waals surface area contributed by atoms with Crippen LogP contribution < -0.4 is 10.6 Å². The fourth-order valence-corrected chi connectivity index (χ4v) is 1.96. The second-order valence-corrected chi connectivity index (χ2v) is 4.31. The van der Waals surface area contributed by atoms with Crippen LogP contribution >= 0.6 is 0 Å². The molecule has 7 nitrogen and oxygen atoms in total. The van der Waals surface area contributed by atoms with E-state index in [-0.39, 0.29) is 24.7 Å². The summed E-state index contributed by atoms with van der Waals surface area (Å²) in [5.41, 5.74) is 5.81. The van der Waals surface area contributed by atoms with Gasteiger partial charge in [-0.05, 0) is 13.0 Å². The maximum atomic E-state index is 9.17. The maximum Gasteiger partial charge on any atom is 0.226 e. The molecular formula is C11H17N5O2. The number of hydrogen-bond donors (Lipinski definition) is 3. The third-order valence-corrected chi connectivity index (χ3v) is 2.73. The van der Waals surface area contributed by atoms with Gasteiger partial charge in [0.05, 0.1) is 18.8 Å². The summed E-state index contributed by atoms with van der Waals surface area (Å²) in [6.45, 7) is 3.08. The molecule has 0 bridgehead atoms. The number of nitrogens with zero attached hydrogens (tertiary/aromatic N) is 3. The summed E-state index contributed by atoms with van der Waals surface area (Å²) in [4.78, 5) is 10.3. The molecule has 18 heavy (non-hydrogen) atoms. The Morgan fingerprint density at radius 1 is 1.67 bits per heavy atom. The number of nitrogens with two attached hydrogens (primary N) is 1. The van der Waals surface area contributed by atoms with Crippen LogP contribution in [0.25, 0.3) is 0 Å². The minimum atomic E-state index is -0.238. The summed E-state index contributed by atoms with van der Waals surface area (Å²) in [5, 5.41) is 16.5. The summed E-state index contributed by atoms with van der Waals surface area (Å²) < 4.78 is 5.55. The molecule has 98 valence electrons. The van der Waals surface area contributed by atoms with Gasteiger partial charge in [-0.1, -0.05) is 0 Å². The molecule has 2 rings (SSSR count). The largest absolute Gasteiger partial charge is 0.394 e. The second-order valence-electron chi connectivity index (χ2n) is 4.31. The molecule has 0 aromatic carbocycles. The minimum absolute atomic E-state index is 0.000448. The Morgan fingerprint density at radius 2 is 2.44 bits per heavy atom. The van der Waals surface area contributed by atoms with Gasteiger partial charge >= 0.3 is 0 Å². The summed E-state index contributed by atoms with van der Waals surface area (Å²) in [7, 11) is 0. The molecule has 1 aliphatic heterocycles. The number of ether oxygens (including phenoxy) is 1. The first-order valence-electron chi connectivity index (χ1n) is 5.79. The molecule has 1 saturated heterocycles. The van der Waals surface area contributed by atoms with Gasteiger partial charge in [0.15, 0.2) is 0 Å². The van der Waals surface area contributed by atoms with Crippen LogP contribution in [-0.2, 0) is 4.74 Å². The van der Waals surface area contributed by atoms with Gasteiger partial charge in [0.1, 0.15) is 11.5 Å². The first-order chi connectivity index (χ1) is 8.60. The summed E-state index contributed by atoms with van der Waals surface area (Å²) in [6, 6.07) is 1.60. The van der Waals surface area contributed by atoms with Gasteiger partial charge in [-0.2, -0.15) is 0 Å². The highest BCUT2D eigenvalue weighted by atomic mass is 16.5. The Hall–Kier alpha value is -1.73. The first kappa shape index (κ1) is 12.7. The van der Waals surface area contributed by atoms with Crippen molar-refractivity contribution in [3.8, 4) is 0 Å². The van der Waals surface area contributed by atoms with Crippen molar-refractivity contribution < 1.29 is 9.84 Å². The molecule has 4 N–H and O–H groups in total. The van der Waals surface area contributed by atoms with E-state index in [2.05, 4.69) is 9.97 Å². The van der Waals surface area contributed by atoms with Gasteiger partial charge in [-0.3, -0.25) is 5.41 Å². The Labute approximate surface area is 105 Å². The lowest BCUT2D eigenvalue weighted by Gasteiger charge is -2.36. The number of amidine groups is 1. The van der Waals surface area contributed by atoms with Crippen LogP contribution in [0.2, 0.25) is 0 Å². The lowest BCUT2D eigenvalue weighted by molar-refractivity contribution is -0.0425. The lowest BCUT2D eigenvalue weighted by Crippen LogP contribution is -2.48. The molecule has 7 heteroatoms. The van der Waals surface area contributed by atoms with Gasteiger partial charge in [0, 0.05) is 19.3 Å². The van der Waals surface area contributed by atoms with Crippen molar-refractivity contribution in [3.05, 3.63) is 18.0 Å². The molecule has 1 aromatic heterocycles. The highest BCUT2D eigenvalue weighted by Crippen LogP contribution is 2.16. The number of aliphatic hydroxyl groups is 1. The van der Waals surface area contributed by atoms with Crippen LogP contribution in [0.5, 0.6) is 0 Å². The van der Waals surface area contributed by atoms with Crippen LogP contribution in [-0.4, -0.2) is 52.8 Å². The predicted molar refractivity (Wildman–Crippen MR) is 66.7 cm³/mol. The fourth-order valence-electron chi connectivity index (χ4n) is 1.96. The molecule has 0 saturated carbocycles. The summed E-state index contributed by atoms with van der Waals surface area (Å²) in [5.74, 6) is 0.426. The van der Waals surface area contributed by atoms with Gasteiger partial charge in [0.2, 0.25) is 5.95 Å². The molecule has 2 unspecified atom stereocenters. The van der Waals surface area contributed by atoms with Crippen molar-refractivity contribution in [2.24, 2.45) is 5.73 Å². The third kappa shape index (κ3) is 2.74. The average Bonchev–Trinajstić information content (AvgIpc) is 2.38. The van der Waals surface area contributed by atoms with Crippen LogP contribution in [0.1, 0.15) is 12.6 Å². The third-order valence-electron chi connectivity index (χ3n) is 2.73. The topological polar surface area (TPSA) is 108 Å². The van der Waals surface area contributed by atoms with Crippen molar-refractivity contribution in [2.75, 3.05) is 24.6 Å². The minimum Gasteiger partial charge on any atom is -0.394 e. The maximum absolute atomic E-state index is 9.17. The number of aliphatic hydroxyl groups excluding tert-OH is 1. The van der Waals surface area contributed by atoms with Crippen molar-refractivity contribution in [2.45, 2.75) is 19.1 Å². The van der Waals surface area contributed by atoms with Crippen molar-refractivity contribution >= 4 is 11.8 Å². The van der Waals surface area contributed by atoms with E-state index < -0.39 is 0 Å². The standard InChI is InChI=1S/C11H17N5O2/c1-7-4-16(5-8(6-17)18-7)11-14-3-2-9(15-11)10(12)13/h2-3,7-8,17H,4-6H2,1H3,(H3,12,13). The number of nitrogen functional groups attached to an aromatic ring is 1. The highest BCUT2D eigenvalue weighted by molar-refractivity contribution is 5.93. The molecule has 2 heterocycles. The molecule has 2 atom stereocenters. The summed E-state index contributed by atoms with van der Waals surface area (Å²) >= 11 is 0. The SMILES string of the molecule is CC1CN(c2nccc(C(=N)N)n2)CC(CO)O1. The average molecular weight is 251 g/mol. The number of aromatic nitrogens is 2. The summed E-state index contributed by atoms with van der Waals surface area (Å²) in [6.07, 6.45) is 1.34. The fraction of sp³-hybridized carbons (Fsp3) is 0.545. The number of nitrogens with one attached hydrogen (secondary N) is 1. The number of anilines is 1. The van der Waals surface area contributed by atoms with E-state index in [0.29, 0.717) is 24.7 Å². The number of morpholine rings is 1. The molecule has 0 radical (unpaired) electrons. The zero-order chi connectivity index (χ0) is 13.1. The van der Waals surface area contributed by atoms with Gasteiger partial charge in [-0.15, -0.1) is 0 Å². The van der Waals surface area contributed by atoms with Crippen molar-refractivity contribution in [1.29, 1.82) is 5.41 Å². The van der Waals surface area contributed by atoms with Crippen LogP contribution in [0.4, 0.5) is 5.95 Å². The van der Waals surface area contributed by atoms with E-state index >= 15 is 0 Å². The van der Waals surface area contributed by atoms with Crippen LogP contribution in [0.3, 0.4) is 0 Å². The molecule has 1 aliphatic rings. The number of rotatable bonds is 3. The zero-order valence-corrected chi connectivity index (χ0v) is 10.2. The van der Waals surface area contributed by atoms with Gasteiger partial charge in [-0.25, -0.2) is 9.97 Å². The molecule has 0 spiro atoms. The van der Waals surface area contributed by atoms with Gasteiger partial charge in [0.25, 0.3) is 0 Å². The Morgan fingerprint density at radius 3 is 3.11 bits per heavy atom. The smallest absolute Gasteiger partial charge is 0.226 e. The van der Waals surface area contributed by atoms with E-state index in [1.54, 1.807) is 12.3 Å². The number of hydrogen-bond acceptors (Lipinski definition) is 6.